The first-order valence-electron chi connectivity index (χ1n) is 9.01. The van der Waals surface area contributed by atoms with Crippen molar-refractivity contribution in [2.75, 3.05) is 33.2 Å². The average molecular weight is 413 g/mol. The molecular formula is C21H23N3O4S. The fraction of sp³-hybridized carbons (Fsp3) is 0.238. The van der Waals surface area contributed by atoms with Crippen LogP contribution in [0, 0.1) is 0 Å². The Morgan fingerprint density at radius 2 is 1.79 bits per heavy atom. The third-order valence-electron chi connectivity index (χ3n) is 4.46. The highest BCUT2D eigenvalue weighted by atomic mass is 32.1. The summed E-state index contributed by atoms with van der Waals surface area (Å²) in [5.74, 6) is 2.00. The minimum absolute atomic E-state index is 0.169. The van der Waals surface area contributed by atoms with E-state index in [1.807, 2.05) is 36.4 Å². The SMILES string of the molecule is COc1cccc(NC(=S)NCCc2cc3c(OC)ccc(OC)c3[nH]c2=O)c1. The van der Waals surface area contributed by atoms with Crippen LogP contribution in [0.2, 0.25) is 0 Å². The number of ether oxygens (including phenoxy) is 3. The molecule has 0 unspecified atom stereocenters. The zero-order valence-corrected chi connectivity index (χ0v) is 17.3. The van der Waals surface area contributed by atoms with Gasteiger partial charge in [-0.2, -0.15) is 0 Å². The Hall–Kier alpha value is -3.26. The second kappa shape index (κ2) is 9.29. The van der Waals surface area contributed by atoms with E-state index in [-0.39, 0.29) is 5.56 Å². The van der Waals surface area contributed by atoms with Crippen molar-refractivity contribution < 1.29 is 14.2 Å². The van der Waals surface area contributed by atoms with Gasteiger partial charge in [0.2, 0.25) is 0 Å². The summed E-state index contributed by atoms with van der Waals surface area (Å²) in [5.41, 5.74) is 1.89. The summed E-state index contributed by atoms with van der Waals surface area (Å²) in [4.78, 5) is 15.4. The lowest BCUT2D eigenvalue weighted by Gasteiger charge is -2.13. The van der Waals surface area contributed by atoms with E-state index >= 15 is 0 Å². The van der Waals surface area contributed by atoms with Crippen molar-refractivity contribution in [1.29, 1.82) is 0 Å². The van der Waals surface area contributed by atoms with Crippen LogP contribution in [0.4, 0.5) is 5.69 Å². The summed E-state index contributed by atoms with van der Waals surface area (Å²) < 4.78 is 15.9. The Morgan fingerprint density at radius 3 is 2.52 bits per heavy atom. The van der Waals surface area contributed by atoms with Gasteiger partial charge in [-0.3, -0.25) is 4.79 Å². The van der Waals surface area contributed by atoms with Crippen molar-refractivity contribution in [2.45, 2.75) is 6.42 Å². The van der Waals surface area contributed by atoms with Crippen LogP contribution in [0.15, 0.2) is 47.3 Å². The molecule has 7 nitrogen and oxygen atoms in total. The Kier molecular flexibility index (Phi) is 6.56. The first-order valence-corrected chi connectivity index (χ1v) is 9.42. The maximum Gasteiger partial charge on any atom is 0.251 e. The number of aromatic nitrogens is 1. The molecule has 3 aromatic rings. The lowest BCUT2D eigenvalue weighted by molar-refractivity contribution is 0.409. The number of benzene rings is 2. The van der Waals surface area contributed by atoms with E-state index in [1.165, 1.54) is 0 Å². The summed E-state index contributed by atoms with van der Waals surface area (Å²) in [7, 11) is 4.77. The fourth-order valence-corrected chi connectivity index (χ4v) is 3.23. The highest BCUT2D eigenvalue weighted by Crippen LogP contribution is 2.31. The number of hydrogen-bond donors (Lipinski definition) is 3. The maximum atomic E-state index is 12.5. The molecule has 3 rings (SSSR count). The molecule has 0 saturated heterocycles. The average Bonchev–Trinajstić information content (AvgIpc) is 2.73. The molecule has 0 bridgehead atoms. The molecular weight excluding hydrogens is 390 g/mol. The maximum absolute atomic E-state index is 12.5. The fourth-order valence-electron chi connectivity index (χ4n) is 3.01. The third kappa shape index (κ3) is 4.78. The molecule has 8 heteroatoms. The van der Waals surface area contributed by atoms with E-state index in [1.54, 1.807) is 27.4 Å². The standard InChI is InChI=1S/C21H23N3O4S/c1-26-15-6-4-5-14(12-15)23-21(29)22-10-9-13-11-16-17(27-2)7-8-18(28-3)19(16)24-20(13)25/h4-8,11-12H,9-10H2,1-3H3,(H,24,25)(H2,22,23,29). The second-order valence-corrected chi connectivity index (χ2v) is 6.65. The summed E-state index contributed by atoms with van der Waals surface area (Å²) in [6.07, 6.45) is 0.492. The van der Waals surface area contributed by atoms with E-state index in [4.69, 9.17) is 26.4 Å². The molecule has 0 aliphatic rings. The number of anilines is 1. The molecule has 152 valence electrons. The smallest absolute Gasteiger partial charge is 0.251 e. The van der Waals surface area contributed by atoms with Gasteiger partial charge in [-0.05, 0) is 49.0 Å². The van der Waals surface area contributed by atoms with Gasteiger partial charge in [0.05, 0.1) is 26.8 Å². The molecule has 0 aliphatic heterocycles. The van der Waals surface area contributed by atoms with Gasteiger partial charge in [0.1, 0.15) is 17.2 Å². The van der Waals surface area contributed by atoms with E-state index in [2.05, 4.69) is 15.6 Å². The Labute approximate surface area is 174 Å². The quantitative estimate of drug-likeness (QED) is 0.513. The van der Waals surface area contributed by atoms with Crippen LogP contribution >= 0.6 is 12.2 Å². The number of methoxy groups -OCH3 is 3. The van der Waals surface area contributed by atoms with Crippen molar-refractivity contribution in [2.24, 2.45) is 0 Å². The number of thiocarbonyl (C=S) groups is 1. The van der Waals surface area contributed by atoms with E-state index in [0.29, 0.717) is 40.7 Å². The van der Waals surface area contributed by atoms with Crippen molar-refractivity contribution in [3.8, 4) is 17.2 Å². The molecule has 0 spiro atoms. The molecule has 0 atom stereocenters. The van der Waals surface area contributed by atoms with Gasteiger partial charge in [-0.1, -0.05) is 6.07 Å². The normalized spacial score (nSPS) is 10.4. The number of aromatic amines is 1. The van der Waals surface area contributed by atoms with Crippen LogP contribution in [0.3, 0.4) is 0 Å². The van der Waals surface area contributed by atoms with Crippen molar-refractivity contribution in [1.82, 2.24) is 10.3 Å². The highest BCUT2D eigenvalue weighted by Gasteiger charge is 2.11. The number of pyridine rings is 1. The first kappa shape index (κ1) is 20.5. The molecule has 0 saturated carbocycles. The first-order chi connectivity index (χ1) is 14.0. The van der Waals surface area contributed by atoms with Crippen molar-refractivity contribution >= 4 is 33.9 Å². The monoisotopic (exact) mass is 413 g/mol. The molecule has 1 aromatic heterocycles. The zero-order valence-electron chi connectivity index (χ0n) is 16.5. The lowest BCUT2D eigenvalue weighted by atomic mass is 10.1. The van der Waals surface area contributed by atoms with Gasteiger partial charge < -0.3 is 29.8 Å². The number of hydrogen-bond acceptors (Lipinski definition) is 5. The van der Waals surface area contributed by atoms with Gasteiger partial charge >= 0.3 is 0 Å². The Bertz CT molecular complexity index is 1080. The molecule has 0 amide bonds. The zero-order chi connectivity index (χ0) is 20.8. The third-order valence-corrected chi connectivity index (χ3v) is 4.71. The topological polar surface area (TPSA) is 84.6 Å². The van der Waals surface area contributed by atoms with Gasteiger partial charge in [0, 0.05) is 29.2 Å². The molecule has 0 fully saturated rings. The molecule has 2 aromatic carbocycles. The number of fused-ring (bicyclic) bond motifs is 1. The van der Waals surface area contributed by atoms with Gasteiger partial charge in [-0.25, -0.2) is 0 Å². The van der Waals surface area contributed by atoms with E-state index in [0.717, 1.165) is 16.8 Å². The minimum Gasteiger partial charge on any atom is -0.497 e. The van der Waals surface area contributed by atoms with Crippen LogP contribution < -0.4 is 30.4 Å². The van der Waals surface area contributed by atoms with Crippen LogP contribution in [0.25, 0.3) is 10.9 Å². The van der Waals surface area contributed by atoms with Crippen LogP contribution in [0.1, 0.15) is 5.56 Å². The molecule has 0 radical (unpaired) electrons. The number of H-pyrrole nitrogens is 1. The van der Waals surface area contributed by atoms with Crippen molar-refractivity contribution in [3.05, 3.63) is 58.4 Å². The minimum atomic E-state index is -0.169. The van der Waals surface area contributed by atoms with Gasteiger partial charge in [0.15, 0.2) is 5.11 Å². The predicted octanol–water partition coefficient (Wildman–Crippen LogP) is 3.08. The molecule has 3 N–H and O–H groups in total. The highest BCUT2D eigenvalue weighted by molar-refractivity contribution is 7.80. The summed E-state index contributed by atoms with van der Waals surface area (Å²) in [6, 6.07) is 12.9. The molecule has 0 aliphatic carbocycles. The van der Waals surface area contributed by atoms with Gasteiger partial charge in [-0.15, -0.1) is 0 Å². The Morgan fingerprint density at radius 1 is 1.03 bits per heavy atom. The summed E-state index contributed by atoms with van der Waals surface area (Å²) >= 11 is 5.33. The van der Waals surface area contributed by atoms with Crippen LogP contribution in [0.5, 0.6) is 17.2 Å². The summed E-state index contributed by atoms with van der Waals surface area (Å²) in [6.45, 7) is 0.497. The summed E-state index contributed by atoms with van der Waals surface area (Å²) in [5, 5.41) is 7.47. The van der Waals surface area contributed by atoms with E-state index in [9.17, 15) is 4.79 Å². The largest absolute Gasteiger partial charge is 0.497 e. The number of nitrogens with one attached hydrogen (secondary N) is 3. The Balaban J connectivity index is 1.69. The second-order valence-electron chi connectivity index (χ2n) is 6.25. The van der Waals surface area contributed by atoms with Crippen LogP contribution in [-0.2, 0) is 6.42 Å². The lowest BCUT2D eigenvalue weighted by Crippen LogP contribution is -2.31. The molecule has 1 heterocycles. The van der Waals surface area contributed by atoms with Crippen molar-refractivity contribution in [3.63, 3.8) is 0 Å². The predicted molar refractivity (Wildman–Crippen MR) is 119 cm³/mol. The number of rotatable bonds is 7. The van der Waals surface area contributed by atoms with E-state index < -0.39 is 0 Å². The van der Waals surface area contributed by atoms with Crippen LogP contribution in [-0.4, -0.2) is 38.0 Å². The van der Waals surface area contributed by atoms with Gasteiger partial charge in [0.25, 0.3) is 5.56 Å². The molecule has 29 heavy (non-hydrogen) atoms.